The molecule has 0 spiro atoms. The van der Waals surface area contributed by atoms with E-state index in [1.165, 1.54) is 7.05 Å². The molecule has 0 radical (unpaired) electrons. The van der Waals surface area contributed by atoms with Gasteiger partial charge in [0.2, 0.25) is 0 Å². The minimum absolute atomic E-state index is 0. The van der Waals surface area contributed by atoms with E-state index in [0.29, 0.717) is 35.6 Å². The first-order valence-corrected chi connectivity index (χ1v) is 11.0. The van der Waals surface area contributed by atoms with E-state index >= 15 is 0 Å². The minimum atomic E-state index is -1.03. The van der Waals surface area contributed by atoms with Crippen LogP contribution in [0.1, 0.15) is 58.2 Å². The number of carbonyl (C=O) groups is 3. The van der Waals surface area contributed by atoms with E-state index in [1.54, 1.807) is 41.3 Å². The van der Waals surface area contributed by atoms with Crippen molar-refractivity contribution < 1.29 is 24.2 Å². The highest BCUT2D eigenvalue weighted by Crippen LogP contribution is 2.31. The van der Waals surface area contributed by atoms with Crippen molar-refractivity contribution in [3.63, 3.8) is 0 Å². The number of Topliss-reactive ketones (excluding diaryl/α,β-unsaturated/α-hetero) is 1. The number of rotatable bonds is 9. The molecule has 9 heteroatoms. The van der Waals surface area contributed by atoms with E-state index in [2.05, 4.69) is 5.32 Å². The molecule has 1 heterocycles. The number of carboxylic acids is 1. The third kappa shape index (κ3) is 6.08. The number of benzene rings is 2. The molecule has 0 aliphatic carbocycles. The van der Waals surface area contributed by atoms with Gasteiger partial charge in [0, 0.05) is 36.2 Å². The van der Waals surface area contributed by atoms with Gasteiger partial charge in [-0.2, -0.15) is 0 Å². The summed E-state index contributed by atoms with van der Waals surface area (Å²) in [6.07, 6.45) is 2.69. The summed E-state index contributed by atoms with van der Waals surface area (Å²) in [5, 5.41) is 20.1. The Hall–Kier alpha value is -3.65. The average molecular weight is 500 g/mol. The van der Waals surface area contributed by atoms with Gasteiger partial charge in [0.1, 0.15) is 11.6 Å². The second-order valence-corrected chi connectivity index (χ2v) is 8.62. The summed E-state index contributed by atoms with van der Waals surface area (Å²) in [5.74, 6) is -0.859. The van der Waals surface area contributed by atoms with Gasteiger partial charge in [0.25, 0.3) is 5.91 Å². The third-order valence-corrected chi connectivity index (χ3v) is 5.82. The van der Waals surface area contributed by atoms with Crippen molar-refractivity contribution in [1.82, 2.24) is 10.2 Å². The lowest BCUT2D eigenvalue weighted by molar-refractivity contribution is -0.131. The zero-order valence-electron chi connectivity index (χ0n) is 20.2. The van der Waals surface area contributed by atoms with Crippen LogP contribution in [0.4, 0.5) is 0 Å². The molecule has 0 saturated heterocycles. The summed E-state index contributed by atoms with van der Waals surface area (Å²) in [6.45, 7) is 6.35. The normalized spacial score (nSPS) is 12.8. The van der Waals surface area contributed by atoms with Crippen LogP contribution in [-0.2, 0) is 16.8 Å². The maximum absolute atomic E-state index is 13.1. The minimum Gasteiger partial charge on any atom is -0.493 e. The number of ketones is 1. The van der Waals surface area contributed by atoms with Crippen LogP contribution in [0.3, 0.4) is 0 Å². The summed E-state index contributed by atoms with van der Waals surface area (Å²) in [4.78, 5) is 38.0. The Morgan fingerprint density at radius 1 is 1.23 bits per heavy atom. The van der Waals surface area contributed by atoms with E-state index in [1.807, 2.05) is 26.8 Å². The van der Waals surface area contributed by atoms with Crippen molar-refractivity contribution in [2.24, 2.45) is 0 Å². The fourth-order valence-electron chi connectivity index (χ4n) is 3.88. The monoisotopic (exact) mass is 499 g/mol. The first-order valence-electron chi connectivity index (χ1n) is 11.0. The van der Waals surface area contributed by atoms with E-state index in [4.69, 9.17) is 15.3 Å². The van der Waals surface area contributed by atoms with E-state index in [9.17, 15) is 14.4 Å². The predicted octanol–water partition coefficient (Wildman–Crippen LogP) is 3.81. The van der Waals surface area contributed by atoms with E-state index < -0.39 is 11.4 Å². The highest BCUT2D eigenvalue weighted by molar-refractivity contribution is 6.07. The number of hydrogen-bond donors (Lipinski definition) is 3. The highest BCUT2D eigenvalue weighted by Gasteiger charge is 2.29. The fourth-order valence-corrected chi connectivity index (χ4v) is 3.88. The number of aliphatic carboxylic acids is 1. The molecular formula is C26H30ClN3O5. The van der Waals surface area contributed by atoms with Crippen LogP contribution in [0.15, 0.2) is 48.6 Å². The quantitative estimate of drug-likeness (QED) is 0.356. The second-order valence-electron chi connectivity index (χ2n) is 8.62. The average Bonchev–Trinajstić information content (AvgIpc) is 3.11. The summed E-state index contributed by atoms with van der Waals surface area (Å²) in [7, 11) is 1.54. The van der Waals surface area contributed by atoms with Crippen molar-refractivity contribution >= 4 is 35.9 Å². The summed E-state index contributed by atoms with van der Waals surface area (Å²) in [6, 6.07) is 10.5. The highest BCUT2D eigenvalue weighted by atomic mass is 35.5. The van der Waals surface area contributed by atoms with Crippen molar-refractivity contribution in [2.75, 3.05) is 20.2 Å². The number of halogens is 1. The predicted molar refractivity (Wildman–Crippen MR) is 136 cm³/mol. The number of amidine groups is 1. The van der Waals surface area contributed by atoms with Gasteiger partial charge in [-0.25, -0.2) is 4.79 Å². The van der Waals surface area contributed by atoms with E-state index in [0.717, 1.165) is 17.2 Å². The fraction of sp³-hybridized carbons (Fsp3) is 0.308. The number of hydrogen-bond acceptors (Lipinski definition) is 5. The third-order valence-electron chi connectivity index (χ3n) is 5.82. The van der Waals surface area contributed by atoms with Crippen LogP contribution in [0.25, 0.3) is 0 Å². The first-order chi connectivity index (χ1) is 16.1. The summed E-state index contributed by atoms with van der Waals surface area (Å²) < 4.78 is 5.63. The Balaban J connectivity index is 0.00000432. The Morgan fingerprint density at radius 2 is 1.94 bits per heavy atom. The molecular weight excluding hydrogens is 470 g/mol. The van der Waals surface area contributed by atoms with Crippen molar-refractivity contribution in [3.8, 4) is 5.75 Å². The van der Waals surface area contributed by atoms with Crippen LogP contribution < -0.4 is 10.1 Å². The van der Waals surface area contributed by atoms with Gasteiger partial charge in [0.15, 0.2) is 5.78 Å². The van der Waals surface area contributed by atoms with Crippen LogP contribution in [0.2, 0.25) is 0 Å². The number of carboxylic acid groups (broad SMARTS) is 1. The molecule has 3 rings (SSSR count). The topological polar surface area (TPSA) is 120 Å². The zero-order valence-corrected chi connectivity index (χ0v) is 21.0. The number of amides is 1. The van der Waals surface area contributed by atoms with Gasteiger partial charge >= 0.3 is 5.97 Å². The lowest BCUT2D eigenvalue weighted by atomic mass is 9.83. The lowest BCUT2D eigenvalue weighted by Gasteiger charge is -2.22. The number of allylic oxidation sites excluding steroid dienone is 1. The number of ether oxygens (including phenoxy) is 1. The van der Waals surface area contributed by atoms with Crippen LogP contribution >= 0.6 is 12.4 Å². The molecule has 1 aliphatic heterocycles. The Morgan fingerprint density at radius 3 is 2.57 bits per heavy atom. The lowest BCUT2D eigenvalue weighted by Crippen LogP contribution is -2.30. The Bertz CT molecular complexity index is 1190. The maximum Gasteiger partial charge on any atom is 0.328 e. The molecule has 35 heavy (non-hydrogen) atoms. The molecule has 8 nitrogen and oxygen atoms in total. The Kier molecular flexibility index (Phi) is 8.82. The number of nitrogens with one attached hydrogen (secondary N) is 2. The molecule has 0 atom stereocenters. The maximum atomic E-state index is 13.1. The molecule has 0 fully saturated rings. The number of nitrogens with zero attached hydrogens (tertiary/aromatic N) is 1. The SMILES string of the molecule is CCOc1cc2c(cc1C(=O)NC)C(=N)N(CC(=O)c1cccc(C(C)(C)C=CC(=O)O)c1)C2.Cl. The smallest absolute Gasteiger partial charge is 0.328 e. The van der Waals surface area contributed by atoms with Crippen LogP contribution in [-0.4, -0.2) is 53.7 Å². The second kappa shape index (κ2) is 11.2. The first kappa shape index (κ1) is 27.6. The van der Waals surface area contributed by atoms with Crippen molar-refractivity contribution in [1.29, 1.82) is 5.41 Å². The molecule has 0 unspecified atom stereocenters. The van der Waals surface area contributed by atoms with Crippen LogP contribution in [0, 0.1) is 5.41 Å². The number of carbonyl (C=O) groups excluding carboxylic acids is 2. The largest absolute Gasteiger partial charge is 0.493 e. The molecule has 0 saturated carbocycles. The van der Waals surface area contributed by atoms with Crippen LogP contribution in [0.5, 0.6) is 5.75 Å². The molecule has 186 valence electrons. The molecule has 1 aliphatic rings. The molecule has 0 aromatic heterocycles. The summed E-state index contributed by atoms with van der Waals surface area (Å²) >= 11 is 0. The standard InChI is InChI=1S/C26H29N3O5.ClH/c1-5-34-22-12-17-14-29(24(27)19(17)13-20(22)25(33)28-4)15-21(30)16-7-6-8-18(11-16)26(2,3)10-9-23(31)32;/h6-13,27H,5,14-15H2,1-4H3,(H,28,33)(H,31,32);1H. The van der Waals surface area contributed by atoms with Gasteiger partial charge in [-0.1, -0.05) is 38.1 Å². The molecule has 2 aromatic carbocycles. The van der Waals surface area contributed by atoms with E-state index in [-0.39, 0.29) is 36.5 Å². The molecule has 3 N–H and O–H groups in total. The Labute approximate surface area is 210 Å². The van der Waals surface area contributed by atoms with Gasteiger partial charge in [0.05, 0.1) is 18.7 Å². The van der Waals surface area contributed by atoms with Crippen molar-refractivity contribution in [2.45, 2.75) is 32.7 Å². The molecule has 1 amide bonds. The van der Waals surface area contributed by atoms with Gasteiger partial charge in [-0.05, 0) is 36.2 Å². The number of fused-ring (bicyclic) bond motifs is 1. The molecule has 0 bridgehead atoms. The zero-order chi connectivity index (χ0) is 25.0. The van der Waals surface area contributed by atoms with Crippen molar-refractivity contribution in [3.05, 3.63) is 76.4 Å². The van der Waals surface area contributed by atoms with Gasteiger partial charge in [-0.15, -0.1) is 12.4 Å². The van der Waals surface area contributed by atoms with Gasteiger partial charge < -0.3 is 20.1 Å². The summed E-state index contributed by atoms with van der Waals surface area (Å²) in [5.41, 5.74) is 2.50. The molecule has 2 aromatic rings. The van der Waals surface area contributed by atoms with Gasteiger partial charge in [-0.3, -0.25) is 15.0 Å².